The average molecular weight is 348 g/mol. The molecule has 0 spiro atoms. The Hall–Kier alpha value is -2.38. The number of rotatable bonds is 5. The van der Waals surface area contributed by atoms with Gasteiger partial charge in [0, 0.05) is 31.4 Å². The quantitative estimate of drug-likeness (QED) is 0.802. The molecule has 1 N–H and O–H groups in total. The molecule has 8 nitrogen and oxygen atoms in total. The molecule has 2 amide bonds. The number of hydrogen-bond donors (Lipinski definition) is 1. The monoisotopic (exact) mass is 348 g/mol. The first-order valence-electron chi connectivity index (χ1n) is 8.87. The van der Waals surface area contributed by atoms with Crippen molar-refractivity contribution in [3.05, 3.63) is 33.1 Å². The van der Waals surface area contributed by atoms with Gasteiger partial charge in [-0.25, -0.2) is 4.79 Å². The van der Waals surface area contributed by atoms with E-state index in [-0.39, 0.29) is 18.5 Å². The van der Waals surface area contributed by atoms with Crippen LogP contribution < -0.4 is 16.6 Å². The second-order valence-electron chi connectivity index (χ2n) is 6.84. The van der Waals surface area contributed by atoms with Crippen molar-refractivity contribution < 1.29 is 9.59 Å². The molecule has 1 unspecified atom stereocenters. The SMILES string of the molecule is CC(NC(=O)Cn1c(=O)ccn(C2CC2)c1=O)C(=O)N1CCCCC1. The van der Waals surface area contributed by atoms with E-state index in [0.29, 0.717) is 13.1 Å². The fourth-order valence-electron chi connectivity index (χ4n) is 3.19. The van der Waals surface area contributed by atoms with Crippen LogP contribution in [0.15, 0.2) is 21.9 Å². The number of nitrogens with zero attached hydrogens (tertiary/aromatic N) is 3. The molecular formula is C17H24N4O4. The van der Waals surface area contributed by atoms with E-state index in [1.807, 2.05) is 0 Å². The summed E-state index contributed by atoms with van der Waals surface area (Å²) in [5.74, 6) is -0.630. The van der Waals surface area contributed by atoms with Crippen molar-refractivity contribution in [1.82, 2.24) is 19.4 Å². The lowest BCUT2D eigenvalue weighted by molar-refractivity contribution is -0.136. The molecule has 1 aromatic heterocycles. The van der Waals surface area contributed by atoms with Crippen LogP contribution in [0.4, 0.5) is 0 Å². The Kier molecular flexibility index (Phi) is 5.06. The van der Waals surface area contributed by atoms with E-state index < -0.39 is 23.2 Å². The second kappa shape index (κ2) is 7.25. The number of hydrogen-bond acceptors (Lipinski definition) is 4. The van der Waals surface area contributed by atoms with Crippen molar-refractivity contribution >= 4 is 11.8 Å². The molecule has 25 heavy (non-hydrogen) atoms. The van der Waals surface area contributed by atoms with Gasteiger partial charge in [-0.2, -0.15) is 0 Å². The zero-order valence-corrected chi connectivity index (χ0v) is 14.4. The summed E-state index contributed by atoms with van der Waals surface area (Å²) in [5, 5.41) is 2.61. The molecule has 1 saturated carbocycles. The van der Waals surface area contributed by atoms with Crippen LogP contribution in [0, 0.1) is 0 Å². The number of nitrogens with one attached hydrogen (secondary N) is 1. The summed E-state index contributed by atoms with van der Waals surface area (Å²) in [5.41, 5.74) is -0.979. The van der Waals surface area contributed by atoms with Gasteiger partial charge in [0.2, 0.25) is 11.8 Å². The minimum atomic E-state index is -0.671. The van der Waals surface area contributed by atoms with Crippen molar-refractivity contribution in [1.29, 1.82) is 0 Å². The van der Waals surface area contributed by atoms with Crippen LogP contribution in [0.5, 0.6) is 0 Å². The van der Waals surface area contributed by atoms with Gasteiger partial charge in [-0.3, -0.25) is 23.5 Å². The highest BCUT2D eigenvalue weighted by molar-refractivity contribution is 5.87. The molecule has 1 aromatic rings. The normalized spacial score (nSPS) is 18.7. The predicted octanol–water partition coefficient (Wildman–Crippen LogP) is -0.138. The zero-order chi connectivity index (χ0) is 18.0. The number of carbonyl (C=O) groups excluding carboxylic acids is 2. The third-order valence-corrected chi connectivity index (χ3v) is 4.75. The number of piperidine rings is 1. The van der Waals surface area contributed by atoms with Crippen molar-refractivity contribution in [3.63, 3.8) is 0 Å². The Bertz CT molecular complexity index is 772. The molecule has 1 aliphatic heterocycles. The van der Waals surface area contributed by atoms with Gasteiger partial charge in [-0.15, -0.1) is 0 Å². The molecule has 0 aromatic carbocycles. The van der Waals surface area contributed by atoms with Crippen LogP contribution in [-0.2, 0) is 16.1 Å². The molecule has 1 aliphatic carbocycles. The van der Waals surface area contributed by atoms with Crippen LogP contribution in [0.1, 0.15) is 45.1 Å². The number of aromatic nitrogens is 2. The van der Waals surface area contributed by atoms with E-state index >= 15 is 0 Å². The van der Waals surface area contributed by atoms with Crippen molar-refractivity contribution in [2.24, 2.45) is 0 Å². The molecule has 2 aliphatic rings. The molecule has 136 valence electrons. The van der Waals surface area contributed by atoms with Gasteiger partial charge in [0.25, 0.3) is 5.56 Å². The molecule has 8 heteroatoms. The van der Waals surface area contributed by atoms with Gasteiger partial charge in [-0.1, -0.05) is 0 Å². The Labute approximate surface area is 145 Å². The summed E-state index contributed by atoms with van der Waals surface area (Å²) in [6, 6.07) is 0.757. The third kappa shape index (κ3) is 4.00. The Morgan fingerprint density at radius 2 is 1.88 bits per heavy atom. The van der Waals surface area contributed by atoms with Gasteiger partial charge in [0.15, 0.2) is 0 Å². The number of likely N-dealkylation sites (tertiary alicyclic amines) is 1. The largest absolute Gasteiger partial charge is 0.343 e. The van der Waals surface area contributed by atoms with E-state index in [1.54, 1.807) is 11.8 Å². The molecule has 3 rings (SSSR count). The first-order valence-corrected chi connectivity index (χ1v) is 8.87. The maximum Gasteiger partial charge on any atom is 0.331 e. The summed E-state index contributed by atoms with van der Waals surface area (Å²) >= 11 is 0. The second-order valence-corrected chi connectivity index (χ2v) is 6.84. The molecule has 2 fully saturated rings. The van der Waals surface area contributed by atoms with Gasteiger partial charge in [0.1, 0.15) is 12.6 Å². The smallest absolute Gasteiger partial charge is 0.331 e. The van der Waals surface area contributed by atoms with Gasteiger partial charge in [-0.05, 0) is 39.0 Å². The summed E-state index contributed by atoms with van der Waals surface area (Å²) in [6.45, 7) is 2.68. The summed E-state index contributed by atoms with van der Waals surface area (Å²) in [4.78, 5) is 50.6. The molecule has 0 radical (unpaired) electrons. The van der Waals surface area contributed by atoms with Crippen molar-refractivity contribution in [3.8, 4) is 0 Å². The maximum atomic E-state index is 12.3. The third-order valence-electron chi connectivity index (χ3n) is 4.75. The Morgan fingerprint density at radius 3 is 2.52 bits per heavy atom. The summed E-state index contributed by atoms with van der Waals surface area (Å²) < 4.78 is 2.42. The molecule has 2 heterocycles. The summed E-state index contributed by atoms with van der Waals surface area (Å²) in [7, 11) is 0. The van der Waals surface area contributed by atoms with Crippen LogP contribution in [0.2, 0.25) is 0 Å². The zero-order valence-electron chi connectivity index (χ0n) is 14.4. The Balaban J connectivity index is 1.64. The maximum absolute atomic E-state index is 12.3. The first-order chi connectivity index (χ1) is 12.0. The average Bonchev–Trinajstić information content (AvgIpc) is 3.43. The number of amides is 2. The van der Waals surface area contributed by atoms with Crippen LogP contribution in [0.3, 0.4) is 0 Å². The Morgan fingerprint density at radius 1 is 1.20 bits per heavy atom. The first kappa shape index (κ1) is 17.4. The van der Waals surface area contributed by atoms with Crippen molar-refractivity contribution in [2.45, 2.75) is 57.7 Å². The van der Waals surface area contributed by atoms with E-state index in [9.17, 15) is 19.2 Å². The molecule has 0 bridgehead atoms. The molecular weight excluding hydrogens is 324 g/mol. The topological polar surface area (TPSA) is 93.4 Å². The lowest BCUT2D eigenvalue weighted by atomic mass is 10.1. The standard InChI is InChI=1S/C17H24N4O4/c1-12(16(24)19-8-3-2-4-9-19)18-14(22)11-21-15(23)7-10-20(17(21)25)13-5-6-13/h7,10,12-13H,2-6,8-9,11H2,1H3,(H,18,22). The van der Waals surface area contributed by atoms with E-state index in [0.717, 1.165) is 36.7 Å². The van der Waals surface area contributed by atoms with Crippen LogP contribution in [-0.4, -0.2) is 45.0 Å². The molecule has 1 saturated heterocycles. The van der Waals surface area contributed by atoms with E-state index in [4.69, 9.17) is 0 Å². The lowest BCUT2D eigenvalue weighted by Crippen LogP contribution is -2.50. The molecule has 1 atom stereocenters. The predicted molar refractivity (Wildman–Crippen MR) is 91.3 cm³/mol. The lowest BCUT2D eigenvalue weighted by Gasteiger charge is -2.29. The highest BCUT2D eigenvalue weighted by Gasteiger charge is 2.27. The van der Waals surface area contributed by atoms with E-state index in [1.165, 1.54) is 16.8 Å². The van der Waals surface area contributed by atoms with Gasteiger partial charge >= 0.3 is 5.69 Å². The minimum Gasteiger partial charge on any atom is -0.343 e. The minimum absolute atomic E-state index is 0.121. The fourth-order valence-corrected chi connectivity index (χ4v) is 3.19. The highest BCUT2D eigenvalue weighted by atomic mass is 16.2. The van der Waals surface area contributed by atoms with Gasteiger partial charge < -0.3 is 10.2 Å². The highest BCUT2D eigenvalue weighted by Crippen LogP contribution is 2.32. The van der Waals surface area contributed by atoms with Crippen LogP contribution in [0.25, 0.3) is 0 Å². The van der Waals surface area contributed by atoms with Crippen LogP contribution >= 0.6 is 0 Å². The number of carbonyl (C=O) groups is 2. The van der Waals surface area contributed by atoms with E-state index in [2.05, 4.69) is 5.32 Å². The van der Waals surface area contributed by atoms with Crippen molar-refractivity contribution in [2.75, 3.05) is 13.1 Å². The fraction of sp³-hybridized carbons (Fsp3) is 0.647. The summed E-state index contributed by atoms with van der Waals surface area (Å²) in [6.07, 6.45) is 6.38. The van der Waals surface area contributed by atoms with Gasteiger partial charge in [0.05, 0.1) is 0 Å².